The third-order valence-electron chi connectivity index (χ3n) is 2.35. The van der Waals surface area contributed by atoms with Gasteiger partial charge in [0.25, 0.3) is 0 Å². The van der Waals surface area contributed by atoms with E-state index in [-0.39, 0.29) is 0 Å². The van der Waals surface area contributed by atoms with Gasteiger partial charge in [0.1, 0.15) is 12.4 Å². The second-order valence-corrected chi connectivity index (χ2v) is 3.53. The molecule has 1 aromatic carbocycles. The van der Waals surface area contributed by atoms with Crippen LogP contribution in [0.4, 0.5) is 0 Å². The van der Waals surface area contributed by atoms with Crippen LogP contribution in [-0.2, 0) is 4.79 Å². The summed E-state index contributed by atoms with van der Waals surface area (Å²) in [7, 11) is 0. The molecule has 2 unspecified atom stereocenters. The first-order valence-electron chi connectivity index (χ1n) is 4.68. The molecule has 0 heterocycles. The zero-order valence-electron chi connectivity index (χ0n) is 8.75. The quantitative estimate of drug-likeness (QED) is 0.609. The van der Waals surface area contributed by atoms with Gasteiger partial charge >= 0.3 is 0 Å². The van der Waals surface area contributed by atoms with Crippen molar-refractivity contribution in [2.45, 2.75) is 19.1 Å². The Hall–Kier alpha value is -1.72. The summed E-state index contributed by atoms with van der Waals surface area (Å²) < 4.78 is 0. The molecule has 1 rings (SSSR count). The molecule has 0 aromatic heterocycles. The van der Waals surface area contributed by atoms with Crippen molar-refractivity contribution in [3.63, 3.8) is 0 Å². The van der Waals surface area contributed by atoms with Crippen LogP contribution in [0.2, 0.25) is 0 Å². The van der Waals surface area contributed by atoms with Crippen LogP contribution in [0.15, 0.2) is 18.2 Å². The normalized spacial score (nSPS) is 14.2. The lowest BCUT2D eigenvalue weighted by molar-refractivity contribution is -0.131. The Balaban J connectivity index is 3.01. The highest BCUT2D eigenvalue weighted by atomic mass is 16.3. The van der Waals surface area contributed by atoms with E-state index >= 15 is 0 Å². The molecule has 0 spiro atoms. The lowest BCUT2D eigenvalue weighted by atomic mass is 9.99. The van der Waals surface area contributed by atoms with Crippen LogP contribution in [0.5, 0.6) is 0 Å². The minimum atomic E-state index is -1.65. The van der Waals surface area contributed by atoms with Gasteiger partial charge in [0.05, 0.1) is 0 Å². The van der Waals surface area contributed by atoms with E-state index in [0.717, 1.165) is 0 Å². The molecule has 1 aromatic rings. The number of aryl methyl sites for hydroxylation is 1. The van der Waals surface area contributed by atoms with E-state index in [4.69, 9.17) is 5.73 Å². The molecule has 0 saturated heterocycles. The van der Waals surface area contributed by atoms with Gasteiger partial charge in [0.15, 0.2) is 6.10 Å². The fraction of sp³-hybridized carbons (Fsp3) is 0.273. The number of rotatable bonds is 4. The Kier molecular flexibility index (Phi) is 3.76. The summed E-state index contributed by atoms with van der Waals surface area (Å²) >= 11 is 0. The second kappa shape index (κ2) is 4.87. The van der Waals surface area contributed by atoms with Crippen LogP contribution >= 0.6 is 0 Å². The van der Waals surface area contributed by atoms with Gasteiger partial charge in [0.2, 0.25) is 5.91 Å². The first-order chi connectivity index (χ1) is 7.47. The molecule has 1 amide bonds. The van der Waals surface area contributed by atoms with E-state index in [2.05, 4.69) is 0 Å². The van der Waals surface area contributed by atoms with Gasteiger partial charge < -0.3 is 15.9 Å². The minimum absolute atomic E-state index is 0.342. The van der Waals surface area contributed by atoms with Crippen molar-refractivity contribution in [3.8, 4) is 0 Å². The molecule has 0 radical (unpaired) electrons. The number of carbonyl (C=O) groups excluding carboxylic acids is 2. The number of benzene rings is 1. The number of hydrogen-bond donors (Lipinski definition) is 3. The first kappa shape index (κ1) is 12.4. The van der Waals surface area contributed by atoms with Gasteiger partial charge in [-0.25, -0.2) is 0 Å². The Morgan fingerprint density at radius 1 is 1.44 bits per heavy atom. The Morgan fingerprint density at radius 3 is 2.50 bits per heavy atom. The SMILES string of the molecule is Cc1cc(C(O)C(O)C(N)=O)ccc1C=O. The third kappa shape index (κ3) is 2.44. The van der Waals surface area contributed by atoms with Gasteiger partial charge in [-0.05, 0) is 18.1 Å². The smallest absolute Gasteiger partial charge is 0.249 e. The third-order valence-corrected chi connectivity index (χ3v) is 2.35. The van der Waals surface area contributed by atoms with Crippen molar-refractivity contribution in [3.05, 3.63) is 34.9 Å². The molecule has 0 aliphatic heterocycles. The first-order valence-corrected chi connectivity index (χ1v) is 4.68. The molecular formula is C11H13NO4. The summed E-state index contributed by atoms with van der Waals surface area (Å²) in [6.45, 7) is 1.69. The van der Waals surface area contributed by atoms with E-state index in [9.17, 15) is 19.8 Å². The molecule has 0 saturated carbocycles. The van der Waals surface area contributed by atoms with Crippen molar-refractivity contribution in [1.29, 1.82) is 0 Å². The average molecular weight is 223 g/mol. The maximum absolute atomic E-state index is 10.7. The fourth-order valence-electron chi connectivity index (χ4n) is 1.35. The lowest BCUT2D eigenvalue weighted by Gasteiger charge is -2.15. The molecule has 0 aliphatic rings. The number of nitrogens with two attached hydrogens (primary N) is 1. The number of aliphatic hydroxyl groups is 2. The Bertz CT molecular complexity index is 416. The van der Waals surface area contributed by atoms with Gasteiger partial charge in [-0.15, -0.1) is 0 Å². The maximum atomic E-state index is 10.7. The standard InChI is InChI=1S/C11H13NO4/c1-6-4-7(2-3-8(6)5-13)9(14)10(15)11(12)16/h2-5,9-10,14-15H,1H3,(H2,12,16). The summed E-state index contributed by atoms with van der Waals surface area (Å²) in [4.78, 5) is 21.2. The number of aliphatic hydroxyl groups excluding tert-OH is 2. The molecule has 0 aliphatic carbocycles. The highest BCUT2D eigenvalue weighted by Crippen LogP contribution is 2.19. The van der Waals surface area contributed by atoms with Crippen LogP contribution in [0, 0.1) is 6.92 Å². The molecule has 2 atom stereocenters. The van der Waals surface area contributed by atoms with Crippen molar-refractivity contribution in [2.75, 3.05) is 0 Å². The average Bonchev–Trinajstić information content (AvgIpc) is 2.26. The Morgan fingerprint density at radius 2 is 2.06 bits per heavy atom. The molecule has 5 heteroatoms. The van der Waals surface area contributed by atoms with Crippen molar-refractivity contribution in [1.82, 2.24) is 0 Å². The highest BCUT2D eigenvalue weighted by molar-refractivity contribution is 5.80. The number of hydrogen-bond acceptors (Lipinski definition) is 4. The van der Waals surface area contributed by atoms with Gasteiger partial charge in [-0.1, -0.05) is 18.2 Å². The van der Waals surface area contributed by atoms with E-state index < -0.39 is 18.1 Å². The summed E-state index contributed by atoms with van der Waals surface area (Å²) in [5.74, 6) is -0.996. The molecule has 0 bridgehead atoms. The predicted molar refractivity (Wildman–Crippen MR) is 56.7 cm³/mol. The minimum Gasteiger partial charge on any atom is -0.385 e. The van der Waals surface area contributed by atoms with Crippen LogP contribution in [0.25, 0.3) is 0 Å². The van der Waals surface area contributed by atoms with Crippen LogP contribution < -0.4 is 5.73 Å². The number of primary amides is 1. The van der Waals surface area contributed by atoms with Crippen LogP contribution in [0.1, 0.15) is 27.6 Å². The maximum Gasteiger partial charge on any atom is 0.249 e. The fourth-order valence-corrected chi connectivity index (χ4v) is 1.35. The molecule has 4 N–H and O–H groups in total. The van der Waals surface area contributed by atoms with Crippen molar-refractivity contribution < 1.29 is 19.8 Å². The monoisotopic (exact) mass is 223 g/mol. The largest absolute Gasteiger partial charge is 0.385 e. The summed E-state index contributed by atoms with van der Waals surface area (Å²) in [5.41, 5.74) is 6.35. The topological polar surface area (TPSA) is 101 Å². The zero-order chi connectivity index (χ0) is 12.3. The molecule has 0 fully saturated rings. The second-order valence-electron chi connectivity index (χ2n) is 3.53. The predicted octanol–water partition coefficient (Wildman–Crippen LogP) is -0.313. The van der Waals surface area contributed by atoms with E-state index in [1.165, 1.54) is 18.2 Å². The molecule has 5 nitrogen and oxygen atoms in total. The molecular weight excluding hydrogens is 210 g/mol. The van der Waals surface area contributed by atoms with Gasteiger partial charge in [-0.3, -0.25) is 9.59 Å². The molecule has 16 heavy (non-hydrogen) atoms. The number of aldehydes is 1. The van der Waals surface area contributed by atoms with Crippen molar-refractivity contribution >= 4 is 12.2 Å². The Labute approximate surface area is 92.5 Å². The lowest BCUT2D eigenvalue weighted by Crippen LogP contribution is -2.33. The number of amides is 1. The molecule has 86 valence electrons. The number of carbonyl (C=O) groups is 2. The van der Waals surface area contributed by atoms with Crippen LogP contribution in [0.3, 0.4) is 0 Å². The highest BCUT2D eigenvalue weighted by Gasteiger charge is 2.23. The van der Waals surface area contributed by atoms with Gasteiger partial charge in [0, 0.05) is 5.56 Å². The van der Waals surface area contributed by atoms with Gasteiger partial charge in [-0.2, -0.15) is 0 Å². The van der Waals surface area contributed by atoms with E-state index in [1.807, 2.05) is 0 Å². The van der Waals surface area contributed by atoms with Crippen LogP contribution in [-0.4, -0.2) is 28.5 Å². The van der Waals surface area contributed by atoms with Crippen molar-refractivity contribution in [2.24, 2.45) is 5.73 Å². The van der Waals surface area contributed by atoms with E-state index in [1.54, 1.807) is 6.92 Å². The summed E-state index contributed by atoms with van der Waals surface area (Å²) in [6, 6.07) is 4.50. The summed E-state index contributed by atoms with van der Waals surface area (Å²) in [6.07, 6.45) is -2.34. The summed E-state index contributed by atoms with van der Waals surface area (Å²) in [5, 5.41) is 18.9. The van der Waals surface area contributed by atoms with E-state index in [0.29, 0.717) is 23.0 Å². The zero-order valence-corrected chi connectivity index (χ0v) is 8.75.